The average molecular weight is 330 g/mol. The lowest BCUT2D eigenvalue weighted by atomic mass is 10.0. The first-order chi connectivity index (χ1) is 12.2. The second-order valence-corrected chi connectivity index (χ2v) is 5.52. The van der Waals surface area contributed by atoms with E-state index in [0.717, 1.165) is 16.3 Å². The number of carbonyl (C=O) groups is 1. The molecule has 122 valence electrons. The minimum atomic E-state index is -0.367. The van der Waals surface area contributed by atoms with E-state index in [1.54, 1.807) is 24.5 Å². The summed E-state index contributed by atoms with van der Waals surface area (Å²) in [5, 5.41) is 15.9. The quantitative estimate of drug-likeness (QED) is 0.398. The molecular formula is C19H14N4O2. The number of aromatic amines is 1. The number of benzene rings is 3. The number of para-hydroxylation sites is 1. The number of rotatable bonds is 3. The van der Waals surface area contributed by atoms with Crippen LogP contribution in [0.2, 0.25) is 0 Å². The summed E-state index contributed by atoms with van der Waals surface area (Å²) in [4.78, 5) is 19.5. The van der Waals surface area contributed by atoms with Crippen LogP contribution in [-0.4, -0.2) is 27.2 Å². The van der Waals surface area contributed by atoms with Gasteiger partial charge in [-0.15, -0.1) is 0 Å². The number of imidazole rings is 1. The average Bonchev–Trinajstić information content (AvgIpc) is 3.12. The predicted molar refractivity (Wildman–Crippen MR) is 96.8 cm³/mol. The fraction of sp³-hybridized carbons (Fsp3) is 0. The van der Waals surface area contributed by atoms with E-state index >= 15 is 0 Å². The van der Waals surface area contributed by atoms with Crippen LogP contribution in [0.5, 0.6) is 5.75 Å². The molecule has 0 unspecified atom stereocenters. The molecule has 0 radical (unpaired) electrons. The Bertz CT molecular complexity index is 1110. The maximum Gasteiger partial charge on any atom is 0.273 e. The largest absolute Gasteiger partial charge is 0.507 e. The van der Waals surface area contributed by atoms with Gasteiger partial charge < -0.3 is 10.1 Å². The molecule has 6 nitrogen and oxygen atoms in total. The van der Waals surface area contributed by atoms with Crippen molar-refractivity contribution in [3.63, 3.8) is 0 Å². The van der Waals surface area contributed by atoms with E-state index in [9.17, 15) is 9.90 Å². The first kappa shape index (κ1) is 14.9. The summed E-state index contributed by atoms with van der Waals surface area (Å²) < 4.78 is 0. The van der Waals surface area contributed by atoms with Crippen molar-refractivity contribution in [2.24, 2.45) is 5.10 Å². The molecule has 0 spiro atoms. The lowest BCUT2D eigenvalue weighted by molar-refractivity contribution is 0.0956. The van der Waals surface area contributed by atoms with Crippen molar-refractivity contribution in [3.05, 3.63) is 72.1 Å². The third kappa shape index (κ3) is 2.70. The fourth-order valence-electron chi connectivity index (χ4n) is 2.78. The van der Waals surface area contributed by atoms with Gasteiger partial charge in [-0.05, 0) is 29.0 Å². The molecule has 1 heterocycles. The molecule has 4 aromatic rings. The van der Waals surface area contributed by atoms with Crippen LogP contribution >= 0.6 is 0 Å². The highest BCUT2D eigenvalue weighted by atomic mass is 16.3. The standard InChI is InChI=1S/C19H14N4O2/c24-17-9-8-12-4-1-2-5-13(12)15(17)10-22-23-19(25)14-6-3-7-16-18(14)21-11-20-16/h1-11,24H,(H,20,21)(H,23,25). The van der Waals surface area contributed by atoms with Crippen molar-refractivity contribution in [3.8, 4) is 5.75 Å². The maximum absolute atomic E-state index is 12.4. The summed E-state index contributed by atoms with van der Waals surface area (Å²) >= 11 is 0. The zero-order chi connectivity index (χ0) is 17.2. The Kier molecular flexibility index (Phi) is 3.63. The zero-order valence-electron chi connectivity index (χ0n) is 13.1. The topological polar surface area (TPSA) is 90.4 Å². The molecule has 0 aliphatic rings. The highest BCUT2D eigenvalue weighted by Gasteiger charge is 2.11. The van der Waals surface area contributed by atoms with Crippen molar-refractivity contribution in [1.29, 1.82) is 0 Å². The van der Waals surface area contributed by atoms with Crippen molar-refractivity contribution >= 4 is 33.9 Å². The van der Waals surface area contributed by atoms with Crippen molar-refractivity contribution < 1.29 is 9.90 Å². The number of fused-ring (bicyclic) bond motifs is 2. The van der Waals surface area contributed by atoms with Crippen LogP contribution in [0.3, 0.4) is 0 Å². The summed E-state index contributed by atoms with van der Waals surface area (Å²) in [6.45, 7) is 0. The van der Waals surface area contributed by atoms with Crippen molar-refractivity contribution in [1.82, 2.24) is 15.4 Å². The number of nitrogens with zero attached hydrogens (tertiary/aromatic N) is 2. The van der Waals surface area contributed by atoms with Crippen LogP contribution in [0, 0.1) is 0 Å². The number of aromatic hydroxyl groups is 1. The Morgan fingerprint density at radius 2 is 2.00 bits per heavy atom. The van der Waals surface area contributed by atoms with Crippen LogP contribution in [0.4, 0.5) is 0 Å². The Morgan fingerprint density at radius 3 is 2.92 bits per heavy atom. The number of hydrogen-bond donors (Lipinski definition) is 3. The predicted octanol–water partition coefficient (Wildman–Crippen LogP) is 3.19. The van der Waals surface area contributed by atoms with E-state index in [4.69, 9.17) is 0 Å². The van der Waals surface area contributed by atoms with Gasteiger partial charge in [-0.2, -0.15) is 5.10 Å². The molecule has 0 aliphatic heterocycles. The number of nitrogens with one attached hydrogen (secondary N) is 2. The molecule has 3 aromatic carbocycles. The van der Waals surface area contributed by atoms with E-state index < -0.39 is 0 Å². The summed E-state index contributed by atoms with van der Waals surface area (Å²) in [5.74, 6) is -0.264. The van der Waals surface area contributed by atoms with Gasteiger partial charge in [-0.1, -0.05) is 36.4 Å². The van der Waals surface area contributed by atoms with Gasteiger partial charge in [-0.25, -0.2) is 10.4 Å². The van der Waals surface area contributed by atoms with E-state index in [1.165, 1.54) is 6.21 Å². The first-order valence-electron chi connectivity index (χ1n) is 7.70. The zero-order valence-corrected chi connectivity index (χ0v) is 13.1. The molecular weight excluding hydrogens is 316 g/mol. The van der Waals surface area contributed by atoms with Crippen LogP contribution in [-0.2, 0) is 0 Å². The van der Waals surface area contributed by atoms with Gasteiger partial charge in [-0.3, -0.25) is 4.79 Å². The molecule has 0 aliphatic carbocycles. The van der Waals surface area contributed by atoms with Gasteiger partial charge in [0.25, 0.3) is 5.91 Å². The second kappa shape index (κ2) is 6.09. The van der Waals surface area contributed by atoms with Gasteiger partial charge in [0.05, 0.1) is 23.6 Å². The molecule has 25 heavy (non-hydrogen) atoms. The van der Waals surface area contributed by atoms with E-state index in [0.29, 0.717) is 16.6 Å². The molecule has 3 N–H and O–H groups in total. The van der Waals surface area contributed by atoms with E-state index in [1.807, 2.05) is 36.4 Å². The van der Waals surface area contributed by atoms with Gasteiger partial charge >= 0.3 is 0 Å². The number of hydrazone groups is 1. The van der Waals surface area contributed by atoms with Gasteiger partial charge in [0.15, 0.2) is 0 Å². The fourth-order valence-corrected chi connectivity index (χ4v) is 2.78. The van der Waals surface area contributed by atoms with Crippen molar-refractivity contribution in [2.75, 3.05) is 0 Å². The summed E-state index contributed by atoms with van der Waals surface area (Å²) in [7, 11) is 0. The van der Waals surface area contributed by atoms with Crippen LogP contribution in [0.1, 0.15) is 15.9 Å². The Balaban J connectivity index is 1.62. The number of phenolic OH excluding ortho intramolecular Hbond substituents is 1. The Labute approximate surface area is 142 Å². The maximum atomic E-state index is 12.4. The number of carbonyl (C=O) groups excluding carboxylic acids is 1. The van der Waals surface area contributed by atoms with E-state index in [2.05, 4.69) is 20.5 Å². The van der Waals surface area contributed by atoms with Gasteiger partial charge in [0, 0.05) is 5.56 Å². The number of aromatic nitrogens is 2. The summed E-state index contributed by atoms with van der Waals surface area (Å²) in [5.41, 5.74) is 4.83. The molecule has 0 saturated carbocycles. The van der Waals surface area contributed by atoms with Crippen molar-refractivity contribution in [2.45, 2.75) is 0 Å². The van der Waals surface area contributed by atoms with Crippen LogP contribution in [0.15, 0.2) is 66.0 Å². The lowest BCUT2D eigenvalue weighted by Crippen LogP contribution is -2.18. The number of hydrogen-bond acceptors (Lipinski definition) is 4. The monoisotopic (exact) mass is 330 g/mol. The Morgan fingerprint density at radius 1 is 1.12 bits per heavy atom. The smallest absolute Gasteiger partial charge is 0.273 e. The molecule has 0 bridgehead atoms. The van der Waals surface area contributed by atoms with Crippen LogP contribution < -0.4 is 5.43 Å². The van der Waals surface area contributed by atoms with E-state index in [-0.39, 0.29) is 11.7 Å². The number of amides is 1. The highest BCUT2D eigenvalue weighted by Crippen LogP contribution is 2.25. The summed E-state index contributed by atoms with van der Waals surface area (Å²) in [6.07, 6.45) is 2.99. The number of H-pyrrole nitrogens is 1. The molecule has 1 aromatic heterocycles. The molecule has 0 saturated heterocycles. The Hall–Kier alpha value is -3.67. The molecule has 6 heteroatoms. The third-order valence-corrected chi connectivity index (χ3v) is 4.00. The third-order valence-electron chi connectivity index (χ3n) is 4.00. The van der Waals surface area contributed by atoms with Gasteiger partial charge in [0.1, 0.15) is 11.3 Å². The minimum absolute atomic E-state index is 0.103. The molecule has 0 atom stereocenters. The highest BCUT2D eigenvalue weighted by molar-refractivity contribution is 6.06. The lowest BCUT2D eigenvalue weighted by Gasteiger charge is -2.05. The van der Waals surface area contributed by atoms with Gasteiger partial charge in [0.2, 0.25) is 0 Å². The van der Waals surface area contributed by atoms with Crippen LogP contribution in [0.25, 0.3) is 21.8 Å². The minimum Gasteiger partial charge on any atom is -0.507 e. The number of phenols is 1. The molecule has 1 amide bonds. The summed E-state index contributed by atoms with van der Waals surface area (Å²) in [6, 6.07) is 16.4. The second-order valence-electron chi connectivity index (χ2n) is 5.52. The SMILES string of the molecule is O=C(NN=Cc1c(O)ccc2ccccc12)c1cccc2[nH]cnc12. The normalized spacial score (nSPS) is 11.4. The first-order valence-corrected chi connectivity index (χ1v) is 7.70. The molecule has 0 fully saturated rings. The molecule has 4 rings (SSSR count).